The molecular weight excluding hydrogens is 284 g/mol. The Bertz CT molecular complexity index is 521. The molecule has 0 radical (unpaired) electrons. The van der Waals surface area contributed by atoms with Crippen molar-refractivity contribution in [3.8, 4) is 5.75 Å². The first-order chi connectivity index (χ1) is 10.9. The van der Waals surface area contributed by atoms with Crippen molar-refractivity contribution in [3.05, 3.63) is 79.9 Å². The number of aromatic hydroxyl groups is 1. The van der Waals surface area contributed by atoms with E-state index in [1.807, 2.05) is 18.2 Å². The third-order valence-corrected chi connectivity index (χ3v) is 4.14. The monoisotopic (exact) mass is 312 g/mol. The molecule has 0 aliphatic rings. The number of benzene rings is 1. The number of rotatable bonds is 10. The molecule has 0 amide bonds. The Morgan fingerprint density at radius 2 is 1.09 bits per heavy atom. The van der Waals surface area contributed by atoms with Crippen molar-refractivity contribution in [2.24, 2.45) is 11.5 Å². The minimum Gasteiger partial charge on any atom is -0.507 e. The van der Waals surface area contributed by atoms with Gasteiger partial charge in [-0.1, -0.05) is 42.5 Å². The fraction of sp³-hybridized carbons (Fsp3) is 0.300. The summed E-state index contributed by atoms with van der Waals surface area (Å²) in [6, 6.07) is 5.52. The second-order valence-corrected chi connectivity index (χ2v) is 5.99. The number of phenolic OH excluding ortho intramolecular Hbond substituents is 1. The third-order valence-electron chi connectivity index (χ3n) is 4.14. The van der Waals surface area contributed by atoms with Crippen molar-refractivity contribution in [1.82, 2.24) is 0 Å². The van der Waals surface area contributed by atoms with E-state index in [1.165, 1.54) is 0 Å². The maximum absolute atomic E-state index is 10.9. The molecule has 23 heavy (non-hydrogen) atoms. The summed E-state index contributed by atoms with van der Waals surface area (Å²) in [5, 5.41) is 10.9. The van der Waals surface area contributed by atoms with Crippen LogP contribution in [-0.4, -0.2) is 5.11 Å². The van der Waals surface area contributed by atoms with Crippen LogP contribution in [0.2, 0.25) is 0 Å². The summed E-state index contributed by atoms with van der Waals surface area (Å²) in [7, 11) is 0. The molecule has 0 heterocycles. The molecule has 1 aromatic carbocycles. The summed E-state index contributed by atoms with van der Waals surface area (Å²) in [4.78, 5) is 0. The quantitative estimate of drug-likeness (QED) is 0.572. The van der Waals surface area contributed by atoms with Crippen molar-refractivity contribution in [2.45, 2.75) is 36.8 Å². The average molecular weight is 312 g/mol. The zero-order valence-electron chi connectivity index (χ0n) is 13.8. The molecule has 5 N–H and O–H groups in total. The predicted octanol–water partition coefficient (Wildman–Crippen LogP) is 4.00. The van der Waals surface area contributed by atoms with Gasteiger partial charge in [0.1, 0.15) is 5.75 Å². The van der Waals surface area contributed by atoms with Crippen LogP contribution in [0, 0.1) is 0 Å². The largest absolute Gasteiger partial charge is 0.507 e. The van der Waals surface area contributed by atoms with E-state index in [1.54, 1.807) is 24.3 Å². The highest BCUT2D eigenvalue weighted by Gasteiger charge is 2.33. The highest BCUT2D eigenvalue weighted by Crippen LogP contribution is 2.41. The van der Waals surface area contributed by atoms with Crippen molar-refractivity contribution in [1.29, 1.82) is 0 Å². The van der Waals surface area contributed by atoms with Crippen LogP contribution in [0.5, 0.6) is 5.75 Å². The fourth-order valence-corrected chi connectivity index (χ4v) is 2.98. The maximum atomic E-state index is 10.9. The van der Waals surface area contributed by atoms with Gasteiger partial charge >= 0.3 is 0 Å². The molecule has 0 aliphatic carbocycles. The molecule has 0 saturated heterocycles. The van der Waals surface area contributed by atoms with Crippen molar-refractivity contribution >= 4 is 0 Å². The van der Waals surface area contributed by atoms with Gasteiger partial charge < -0.3 is 16.6 Å². The molecule has 0 saturated carbocycles. The molecule has 0 bridgehead atoms. The Labute approximate surface area is 139 Å². The van der Waals surface area contributed by atoms with Gasteiger partial charge in [-0.05, 0) is 25.7 Å². The zero-order valence-corrected chi connectivity index (χ0v) is 13.8. The average Bonchev–Trinajstić information content (AvgIpc) is 2.48. The van der Waals surface area contributed by atoms with Crippen molar-refractivity contribution in [3.63, 3.8) is 0 Å². The van der Waals surface area contributed by atoms with E-state index < -0.39 is 11.1 Å². The van der Waals surface area contributed by atoms with E-state index >= 15 is 0 Å². The van der Waals surface area contributed by atoms with E-state index in [-0.39, 0.29) is 5.75 Å². The first-order valence-corrected chi connectivity index (χ1v) is 7.73. The first kappa shape index (κ1) is 18.9. The molecule has 1 aromatic rings. The van der Waals surface area contributed by atoms with Gasteiger partial charge in [0.25, 0.3) is 0 Å². The molecule has 0 unspecified atom stereocenters. The van der Waals surface area contributed by atoms with E-state index in [0.29, 0.717) is 36.8 Å². The summed E-state index contributed by atoms with van der Waals surface area (Å²) >= 11 is 0. The summed E-state index contributed by atoms with van der Waals surface area (Å²) in [5.41, 5.74) is 12.8. The van der Waals surface area contributed by atoms with E-state index in [9.17, 15) is 5.11 Å². The van der Waals surface area contributed by atoms with Gasteiger partial charge in [0.05, 0.1) is 11.1 Å². The van der Waals surface area contributed by atoms with Gasteiger partial charge in [0.2, 0.25) is 0 Å². The molecule has 0 fully saturated rings. The van der Waals surface area contributed by atoms with Crippen LogP contribution in [0.25, 0.3) is 0 Å². The standard InChI is InChI=1S/C20H28N2O/c1-5-12-19(21,13-6-2)16-10-9-11-17(18(16)23)20(22,14-7-3)15-8-4/h5-11,23H,1-4,12-15,21-22H2. The number of para-hydroxylation sites is 1. The van der Waals surface area contributed by atoms with Crippen LogP contribution in [0.1, 0.15) is 36.8 Å². The molecule has 1 rings (SSSR count). The lowest BCUT2D eigenvalue weighted by Crippen LogP contribution is -2.38. The highest BCUT2D eigenvalue weighted by atomic mass is 16.3. The first-order valence-electron chi connectivity index (χ1n) is 7.73. The van der Waals surface area contributed by atoms with Crippen LogP contribution in [0.3, 0.4) is 0 Å². The van der Waals surface area contributed by atoms with Gasteiger partial charge in [0, 0.05) is 11.1 Å². The molecule has 0 spiro atoms. The third kappa shape index (κ3) is 4.01. The van der Waals surface area contributed by atoms with Gasteiger partial charge in [-0.2, -0.15) is 0 Å². The van der Waals surface area contributed by atoms with Gasteiger partial charge in [0.15, 0.2) is 0 Å². The fourth-order valence-electron chi connectivity index (χ4n) is 2.98. The van der Waals surface area contributed by atoms with Gasteiger partial charge in [-0.25, -0.2) is 0 Å². The van der Waals surface area contributed by atoms with E-state index in [0.717, 1.165) is 0 Å². The highest BCUT2D eigenvalue weighted by molar-refractivity contribution is 5.48. The number of nitrogens with two attached hydrogens (primary N) is 2. The predicted molar refractivity (Wildman–Crippen MR) is 99.1 cm³/mol. The normalized spacial score (nSPS) is 11.7. The second-order valence-electron chi connectivity index (χ2n) is 5.99. The molecule has 0 atom stereocenters. The Hall–Kier alpha value is -2.10. The summed E-state index contributed by atoms with van der Waals surface area (Å²) in [6.45, 7) is 15.1. The lowest BCUT2D eigenvalue weighted by molar-refractivity contribution is 0.377. The molecule has 3 nitrogen and oxygen atoms in total. The van der Waals surface area contributed by atoms with Gasteiger partial charge in [-0.3, -0.25) is 0 Å². The van der Waals surface area contributed by atoms with Crippen LogP contribution in [0.4, 0.5) is 0 Å². The lowest BCUT2D eigenvalue weighted by Gasteiger charge is -2.33. The number of hydrogen-bond donors (Lipinski definition) is 3. The van der Waals surface area contributed by atoms with Gasteiger partial charge in [-0.15, -0.1) is 26.3 Å². The zero-order chi connectivity index (χ0) is 17.5. The maximum Gasteiger partial charge on any atom is 0.125 e. The molecular formula is C20H28N2O. The second kappa shape index (κ2) is 7.95. The van der Waals surface area contributed by atoms with E-state index in [4.69, 9.17) is 11.5 Å². The number of phenols is 1. The smallest absolute Gasteiger partial charge is 0.125 e. The molecule has 3 heteroatoms. The summed E-state index contributed by atoms with van der Waals surface area (Å²) < 4.78 is 0. The lowest BCUT2D eigenvalue weighted by atomic mass is 9.78. The molecule has 0 aliphatic heterocycles. The summed E-state index contributed by atoms with van der Waals surface area (Å²) in [5.74, 6) is 0.130. The van der Waals surface area contributed by atoms with Crippen LogP contribution in [0.15, 0.2) is 68.8 Å². The Kier molecular flexibility index (Phi) is 6.55. The minimum atomic E-state index is -0.757. The number of hydrogen-bond acceptors (Lipinski definition) is 3. The Morgan fingerprint density at radius 1 is 0.783 bits per heavy atom. The Morgan fingerprint density at radius 3 is 1.35 bits per heavy atom. The van der Waals surface area contributed by atoms with Crippen LogP contribution >= 0.6 is 0 Å². The SMILES string of the molecule is C=CCC(N)(CC=C)c1cccc(C(N)(CC=C)CC=C)c1O. The van der Waals surface area contributed by atoms with Crippen LogP contribution < -0.4 is 11.5 Å². The van der Waals surface area contributed by atoms with Crippen molar-refractivity contribution in [2.75, 3.05) is 0 Å². The van der Waals surface area contributed by atoms with Crippen molar-refractivity contribution < 1.29 is 5.11 Å². The van der Waals surface area contributed by atoms with Crippen LogP contribution in [-0.2, 0) is 11.1 Å². The summed E-state index contributed by atoms with van der Waals surface area (Å²) in [6.07, 6.45) is 9.09. The van der Waals surface area contributed by atoms with E-state index in [2.05, 4.69) is 26.3 Å². The Balaban J connectivity index is 3.50. The molecule has 124 valence electrons. The molecule has 0 aromatic heterocycles. The topological polar surface area (TPSA) is 72.3 Å². The minimum absolute atomic E-state index is 0.130.